The molecule has 1 aliphatic carbocycles. The van der Waals surface area contributed by atoms with Gasteiger partial charge in [0.05, 0.1) is 5.69 Å². The van der Waals surface area contributed by atoms with Gasteiger partial charge in [-0.25, -0.2) is 0 Å². The van der Waals surface area contributed by atoms with E-state index in [2.05, 4.69) is 5.32 Å². The second-order valence-corrected chi connectivity index (χ2v) is 6.12. The van der Waals surface area contributed by atoms with Crippen molar-refractivity contribution in [3.05, 3.63) is 24.3 Å². The van der Waals surface area contributed by atoms with Crippen LogP contribution < -0.4 is 11.1 Å². The number of hydrogen-bond donors (Lipinski definition) is 3. The molecule has 1 saturated carbocycles. The molecule has 5 nitrogen and oxygen atoms in total. The van der Waals surface area contributed by atoms with Crippen LogP contribution in [0.25, 0.3) is 0 Å². The Hall–Kier alpha value is -1.11. The molecule has 0 aromatic heterocycles. The van der Waals surface area contributed by atoms with Crippen molar-refractivity contribution in [3.63, 3.8) is 0 Å². The molecule has 0 atom stereocenters. The van der Waals surface area contributed by atoms with Gasteiger partial charge < -0.3 is 11.1 Å². The first-order chi connectivity index (χ1) is 8.47. The van der Waals surface area contributed by atoms with E-state index in [0.717, 1.165) is 25.7 Å². The zero-order chi connectivity index (χ0) is 13.2. The summed E-state index contributed by atoms with van der Waals surface area (Å²) in [6.45, 7) is 0. The lowest BCUT2D eigenvalue weighted by atomic mass is 9.92. The van der Waals surface area contributed by atoms with Gasteiger partial charge in [0.25, 0.3) is 10.1 Å². The van der Waals surface area contributed by atoms with Gasteiger partial charge in [-0.15, -0.1) is 0 Å². The smallest absolute Gasteiger partial charge is 0.296 e. The van der Waals surface area contributed by atoms with Gasteiger partial charge in [-0.05, 0) is 37.8 Å². The van der Waals surface area contributed by atoms with Gasteiger partial charge in [0, 0.05) is 12.1 Å². The maximum atomic E-state index is 11.2. The lowest BCUT2D eigenvalue weighted by Crippen LogP contribution is -2.33. The number of benzene rings is 1. The predicted octanol–water partition coefficient (Wildman–Crippen LogP) is 1.62. The second kappa shape index (κ2) is 5.26. The van der Waals surface area contributed by atoms with Crippen molar-refractivity contribution >= 4 is 15.8 Å². The molecule has 1 aromatic carbocycles. The van der Waals surface area contributed by atoms with Crippen molar-refractivity contribution in [2.45, 2.75) is 42.7 Å². The Bertz CT molecular complexity index is 508. The molecule has 0 bridgehead atoms. The Kier molecular flexibility index (Phi) is 3.89. The lowest BCUT2D eigenvalue weighted by Gasteiger charge is -2.28. The van der Waals surface area contributed by atoms with Crippen LogP contribution in [0, 0.1) is 0 Å². The minimum Gasteiger partial charge on any atom is -0.381 e. The number of rotatable bonds is 3. The van der Waals surface area contributed by atoms with Crippen LogP contribution in [-0.2, 0) is 10.1 Å². The van der Waals surface area contributed by atoms with E-state index < -0.39 is 10.1 Å². The fourth-order valence-corrected chi connectivity index (χ4v) is 2.95. The van der Waals surface area contributed by atoms with E-state index in [0.29, 0.717) is 5.69 Å². The van der Waals surface area contributed by atoms with Crippen LogP contribution in [-0.4, -0.2) is 25.1 Å². The Balaban J connectivity index is 2.15. The summed E-state index contributed by atoms with van der Waals surface area (Å²) in [5.74, 6) is 0. The van der Waals surface area contributed by atoms with E-state index in [1.165, 1.54) is 6.07 Å². The number of nitrogens with two attached hydrogens (primary N) is 1. The average Bonchev–Trinajstić information content (AvgIpc) is 2.31. The van der Waals surface area contributed by atoms with Crippen LogP contribution in [0.1, 0.15) is 25.7 Å². The molecule has 0 unspecified atom stereocenters. The molecule has 1 aromatic rings. The molecule has 0 heterocycles. The van der Waals surface area contributed by atoms with E-state index >= 15 is 0 Å². The topological polar surface area (TPSA) is 92.4 Å². The Morgan fingerprint density at radius 3 is 2.39 bits per heavy atom. The van der Waals surface area contributed by atoms with Crippen molar-refractivity contribution in [1.29, 1.82) is 0 Å². The van der Waals surface area contributed by atoms with Crippen LogP contribution in [0.3, 0.4) is 0 Å². The summed E-state index contributed by atoms with van der Waals surface area (Å²) in [5, 5.41) is 3.18. The third kappa shape index (κ3) is 3.22. The van der Waals surface area contributed by atoms with Gasteiger partial charge in [-0.3, -0.25) is 4.55 Å². The van der Waals surface area contributed by atoms with Crippen molar-refractivity contribution in [2.24, 2.45) is 5.73 Å². The average molecular weight is 270 g/mol. The highest BCUT2D eigenvalue weighted by molar-refractivity contribution is 7.86. The van der Waals surface area contributed by atoms with Crippen molar-refractivity contribution < 1.29 is 13.0 Å². The van der Waals surface area contributed by atoms with E-state index in [1.54, 1.807) is 18.2 Å². The zero-order valence-corrected chi connectivity index (χ0v) is 10.9. The fraction of sp³-hybridized carbons (Fsp3) is 0.500. The molecule has 18 heavy (non-hydrogen) atoms. The molecule has 6 heteroatoms. The maximum Gasteiger partial charge on any atom is 0.296 e. The zero-order valence-electron chi connectivity index (χ0n) is 10.0. The second-order valence-electron chi connectivity index (χ2n) is 4.73. The van der Waals surface area contributed by atoms with Gasteiger partial charge in [0.15, 0.2) is 0 Å². The van der Waals surface area contributed by atoms with Crippen molar-refractivity contribution in [1.82, 2.24) is 0 Å². The third-order valence-electron chi connectivity index (χ3n) is 3.30. The predicted molar refractivity (Wildman–Crippen MR) is 70.1 cm³/mol. The highest BCUT2D eigenvalue weighted by Gasteiger charge is 2.21. The molecule has 0 saturated heterocycles. The monoisotopic (exact) mass is 270 g/mol. The normalized spacial score (nSPS) is 24.8. The first-order valence-electron chi connectivity index (χ1n) is 6.05. The minimum absolute atomic E-state index is 0.0696. The third-order valence-corrected chi connectivity index (χ3v) is 4.21. The summed E-state index contributed by atoms with van der Waals surface area (Å²) in [4.78, 5) is -0.0696. The standard InChI is InChI=1S/C12H18N2O3S/c13-9-5-7-10(8-6-9)14-11-3-1-2-4-12(11)18(15,16)17/h1-4,9-10,14H,5-8,13H2,(H,15,16,17). The maximum absolute atomic E-state index is 11.2. The van der Waals surface area contributed by atoms with Gasteiger partial charge in [0.2, 0.25) is 0 Å². The largest absolute Gasteiger partial charge is 0.381 e. The Morgan fingerprint density at radius 2 is 1.78 bits per heavy atom. The molecule has 1 aliphatic rings. The summed E-state index contributed by atoms with van der Waals surface area (Å²) >= 11 is 0. The number of para-hydroxylation sites is 1. The summed E-state index contributed by atoms with van der Waals surface area (Å²) in [6.07, 6.45) is 3.71. The molecule has 0 amide bonds. The first kappa shape index (κ1) is 13.3. The molecule has 4 N–H and O–H groups in total. The van der Waals surface area contributed by atoms with E-state index in [4.69, 9.17) is 10.3 Å². The number of hydrogen-bond acceptors (Lipinski definition) is 4. The number of nitrogens with one attached hydrogen (secondary N) is 1. The molecule has 1 fully saturated rings. The van der Waals surface area contributed by atoms with Crippen LogP contribution in [0.4, 0.5) is 5.69 Å². The van der Waals surface area contributed by atoms with Crippen LogP contribution in [0.2, 0.25) is 0 Å². The van der Waals surface area contributed by atoms with Crippen LogP contribution in [0.15, 0.2) is 29.2 Å². The molecule has 100 valence electrons. The van der Waals surface area contributed by atoms with Crippen molar-refractivity contribution in [2.75, 3.05) is 5.32 Å². The van der Waals surface area contributed by atoms with Gasteiger partial charge in [-0.1, -0.05) is 12.1 Å². The highest BCUT2D eigenvalue weighted by Crippen LogP contribution is 2.25. The molecule has 2 rings (SSSR count). The molecule has 0 spiro atoms. The molecule has 0 radical (unpaired) electrons. The summed E-state index contributed by atoms with van der Waals surface area (Å²) in [7, 11) is -4.18. The molecular formula is C12H18N2O3S. The lowest BCUT2D eigenvalue weighted by molar-refractivity contribution is 0.410. The first-order valence-corrected chi connectivity index (χ1v) is 7.49. The Morgan fingerprint density at radius 1 is 1.17 bits per heavy atom. The molecule has 0 aliphatic heterocycles. The minimum atomic E-state index is -4.18. The van der Waals surface area contributed by atoms with Gasteiger partial charge in [-0.2, -0.15) is 8.42 Å². The fourth-order valence-electron chi connectivity index (χ4n) is 2.29. The number of anilines is 1. The van der Waals surface area contributed by atoms with E-state index in [1.807, 2.05) is 0 Å². The summed E-state index contributed by atoms with van der Waals surface area (Å²) in [6, 6.07) is 6.85. The van der Waals surface area contributed by atoms with Gasteiger partial charge in [0.1, 0.15) is 4.90 Å². The van der Waals surface area contributed by atoms with Gasteiger partial charge >= 0.3 is 0 Å². The Labute approximate surface area is 107 Å². The quantitative estimate of drug-likeness (QED) is 0.726. The van der Waals surface area contributed by atoms with Crippen LogP contribution in [0.5, 0.6) is 0 Å². The summed E-state index contributed by atoms with van der Waals surface area (Å²) < 4.78 is 31.6. The SMILES string of the molecule is NC1CCC(Nc2ccccc2S(=O)(=O)O)CC1. The van der Waals surface area contributed by atoms with E-state index in [9.17, 15) is 8.42 Å². The molecular weight excluding hydrogens is 252 g/mol. The van der Waals surface area contributed by atoms with Crippen molar-refractivity contribution in [3.8, 4) is 0 Å². The van der Waals surface area contributed by atoms with Crippen LogP contribution >= 0.6 is 0 Å². The summed E-state index contributed by atoms with van der Waals surface area (Å²) in [5.41, 5.74) is 6.28. The van der Waals surface area contributed by atoms with E-state index in [-0.39, 0.29) is 17.0 Å². The highest BCUT2D eigenvalue weighted by atomic mass is 32.2.